The Morgan fingerprint density at radius 1 is 1.25 bits per heavy atom. The van der Waals surface area contributed by atoms with Crippen LogP contribution in [0.4, 0.5) is 8.78 Å². The lowest BCUT2D eigenvalue weighted by Gasteiger charge is -2.24. The van der Waals surface area contributed by atoms with Crippen molar-refractivity contribution in [3.05, 3.63) is 23.3 Å². The molecule has 0 aromatic heterocycles. The molecule has 0 aliphatic carbocycles. The predicted molar refractivity (Wildman–Crippen MR) is 54.5 cm³/mol. The highest BCUT2D eigenvalue weighted by Crippen LogP contribution is 2.37. The van der Waals surface area contributed by atoms with Gasteiger partial charge in [0.05, 0.1) is 0 Å². The molecule has 2 rings (SSSR count). The van der Waals surface area contributed by atoms with Gasteiger partial charge in [0, 0.05) is 18.0 Å². The van der Waals surface area contributed by atoms with E-state index in [-0.39, 0.29) is 11.5 Å². The summed E-state index contributed by atoms with van der Waals surface area (Å²) < 4.78 is 26.4. The molecule has 1 heterocycles. The van der Waals surface area contributed by atoms with Crippen LogP contribution in [-0.2, 0) is 0 Å². The monoisotopic (exact) mass is 229 g/mol. The average molecular weight is 229 g/mol. The quantitative estimate of drug-likeness (QED) is 0.688. The molecule has 0 saturated carbocycles. The first kappa shape index (κ1) is 11.1. The van der Waals surface area contributed by atoms with E-state index >= 15 is 0 Å². The van der Waals surface area contributed by atoms with Crippen molar-refractivity contribution in [2.45, 2.75) is 18.8 Å². The molecule has 1 atom stereocenters. The van der Waals surface area contributed by atoms with Crippen molar-refractivity contribution >= 4 is 0 Å². The van der Waals surface area contributed by atoms with E-state index in [1.807, 2.05) is 0 Å². The molecule has 1 aromatic carbocycles. The molecule has 3 nitrogen and oxygen atoms in total. The molecule has 1 aromatic rings. The van der Waals surface area contributed by atoms with E-state index in [0.717, 1.165) is 25.5 Å². The smallest absolute Gasteiger partial charge is 0.209 e. The SMILES string of the molecule is Oc1c(F)cc(C2CCCNC2)c(O)c1F. The van der Waals surface area contributed by atoms with Crippen molar-refractivity contribution in [3.63, 3.8) is 0 Å². The maximum absolute atomic E-state index is 13.2. The molecule has 1 saturated heterocycles. The van der Waals surface area contributed by atoms with Gasteiger partial charge in [0.1, 0.15) is 0 Å². The van der Waals surface area contributed by atoms with E-state index in [4.69, 9.17) is 5.11 Å². The van der Waals surface area contributed by atoms with Gasteiger partial charge in [-0.15, -0.1) is 0 Å². The van der Waals surface area contributed by atoms with E-state index in [0.29, 0.717) is 6.54 Å². The molecule has 0 amide bonds. The minimum absolute atomic E-state index is 0.113. The predicted octanol–water partition coefficient (Wildman–Crippen LogP) is 1.84. The number of aromatic hydroxyl groups is 2. The first-order valence-corrected chi connectivity index (χ1v) is 5.21. The molecule has 1 aliphatic heterocycles. The van der Waals surface area contributed by atoms with Crippen molar-refractivity contribution in [1.29, 1.82) is 0 Å². The maximum atomic E-state index is 13.2. The average Bonchev–Trinajstić information content (AvgIpc) is 2.32. The minimum Gasteiger partial charge on any atom is -0.505 e. The lowest BCUT2D eigenvalue weighted by Crippen LogP contribution is -2.28. The van der Waals surface area contributed by atoms with Crippen LogP contribution in [0, 0.1) is 11.6 Å². The summed E-state index contributed by atoms with van der Waals surface area (Å²) in [7, 11) is 0. The van der Waals surface area contributed by atoms with E-state index in [1.54, 1.807) is 0 Å². The second-order valence-electron chi connectivity index (χ2n) is 4.00. The van der Waals surface area contributed by atoms with Crippen LogP contribution in [0.15, 0.2) is 6.07 Å². The Kier molecular flexibility index (Phi) is 2.96. The number of nitrogens with one attached hydrogen (secondary N) is 1. The number of phenols is 2. The Balaban J connectivity index is 2.40. The highest BCUT2D eigenvalue weighted by atomic mass is 19.1. The number of hydrogen-bond acceptors (Lipinski definition) is 3. The standard InChI is InChI=1S/C11H13F2NO2/c12-8-4-7(6-2-1-3-14-5-6)10(15)9(13)11(8)16/h4,6,14-16H,1-3,5H2. The van der Waals surface area contributed by atoms with Gasteiger partial charge in [-0.3, -0.25) is 0 Å². The van der Waals surface area contributed by atoms with Crippen molar-refractivity contribution in [3.8, 4) is 11.5 Å². The summed E-state index contributed by atoms with van der Waals surface area (Å²) in [5.41, 5.74) is 0.222. The van der Waals surface area contributed by atoms with E-state index in [9.17, 15) is 13.9 Å². The summed E-state index contributed by atoms with van der Waals surface area (Å²) in [5, 5.41) is 21.6. The Morgan fingerprint density at radius 2 is 2.00 bits per heavy atom. The summed E-state index contributed by atoms with van der Waals surface area (Å²) in [4.78, 5) is 0. The van der Waals surface area contributed by atoms with Crippen LogP contribution in [0.3, 0.4) is 0 Å². The third kappa shape index (κ3) is 1.82. The van der Waals surface area contributed by atoms with Crippen LogP contribution in [0.2, 0.25) is 0 Å². The fraction of sp³-hybridized carbons (Fsp3) is 0.455. The van der Waals surface area contributed by atoms with Gasteiger partial charge in [0.2, 0.25) is 5.82 Å². The highest BCUT2D eigenvalue weighted by Gasteiger charge is 2.24. The Morgan fingerprint density at radius 3 is 2.62 bits per heavy atom. The zero-order valence-electron chi connectivity index (χ0n) is 8.63. The number of benzene rings is 1. The van der Waals surface area contributed by atoms with Crippen LogP contribution < -0.4 is 5.32 Å². The van der Waals surface area contributed by atoms with Gasteiger partial charge in [0.15, 0.2) is 17.3 Å². The van der Waals surface area contributed by atoms with Gasteiger partial charge >= 0.3 is 0 Å². The van der Waals surface area contributed by atoms with Crippen LogP contribution in [0.25, 0.3) is 0 Å². The van der Waals surface area contributed by atoms with Gasteiger partial charge in [-0.2, -0.15) is 4.39 Å². The molecule has 3 N–H and O–H groups in total. The van der Waals surface area contributed by atoms with Gasteiger partial charge < -0.3 is 15.5 Å². The summed E-state index contributed by atoms with van der Waals surface area (Å²) in [6.45, 7) is 1.46. The second-order valence-corrected chi connectivity index (χ2v) is 4.00. The number of piperidine rings is 1. The summed E-state index contributed by atoms with van der Waals surface area (Å²) in [6, 6.07) is 1.01. The molecule has 88 valence electrons. The zero-order valence-corrected chi connectivity index (χ0v) is 8.63. The number of rotatable bonds is 1. The van der Waals surface area contributed by atoms with Crippen LogP contribution in [-0.4, -0.2) is 23.3 Å². The lowest BCUT2D eigenvalue weighted by atomic mass is 9.90. The summed E-state index contributed by atoms with van der Waals surface area (Å²) >= 11 is 0. The topological polar surface area (TPSA) is 52.5 Å². The normalized spacial score (nSPS) is 21.0. The van der Waals surface area contributed by atoms with Crippen LogP contribution in [0.5, 0.6) is 11.5 Å². The molecule has 1 fully saturated rings. The van der Waals surface area contributed by atoms with E-state index in [2.05, 4.69) is 5.32 Å². The minimum atomic E-state index is -1.28. The van der Waals surface area contributed by atoms with Crippen molar-refractivity contribution in [2.75, 3.05) is 13.1 Å². The lowest BCUT2D eigenvalue weighted by molar-refractivity contribution is 0.355. The van der Waals surface area contributed by atoms with Gasteiger partial charge in [-0.25, -0.2) is 4.39 Å². The number of phenolic OH excluding ortho intramolecular Hbond substituents is 2. The largest absolute Gasteiger partial charge is 0.505 e. The van der Waals surface area contributed by atoms with Gasteiger partial charge in [-0.1, -0.05) is 0 Å². The zero-order chi connectivity index (χ0) is 11.7. The van der Waals surface area contributed by atoms with Crippen molar-refractivity contribution in [2.24, 2.45) is 0 Å². The molecule has 0 bridgehead atoms. The van der Waals surface area contributed by atoms with Crippen LogP contribution in [0.1, 0.15) is 24.3 Å². The van der Waals surface area contributed by atoms with E-state index in [1.165, 1.54) is 0 Å². The molecule has 0 spiro atoms. The first-order chi connectivity index (χ1) is 7.61. The summed E-state index contributed by atoms with van der Waals surface area (Å²) in [6.07, 6.45) is 1.67. The summed E-state index contributed by atoms with van der Waals surface area (Å²) in [5.74, 6) is -4.19. The Bertz CT molecular complexity index is 403. The third-order valence-corrected chi connectivity index (χ3v) is 2.93. The van der Waals surface area contributed by atoms with Crippen molar-refractivity contribution in [1.82, 2.24) is 5.32 Å². The van der Waals surface area contributed by atoms with Gasteiger partial charge in [-0.05, 0) is 25.5 Å². The van der Waals surface area contributed by atoms with E-state index < -0.39 is 23.1 Å². The molecule has 0 radical (unpaired) electrons. The second kappa shape index (κ2) is 4.25. The Labute approximate surface area is 91.7 Å². The van der Waals surface area contributed by atoms with Crippen molar-refractivity contribution < 1.29 is 19.0 Å². The molecular formula is C11H13F2NO2. The third-order valence-electron chi connectivity index (χ3n) is 2.93. The highest BCUT2D eigenvalue weighted by molar-refractivity contribution is 5.44. The molecule has 1 unspecified atom stereocenters. The Hall–Kier alpha value is -1.36. The fourth-order valence-electron chi connectivity index (χ4n) is 2.05. The fourth-order valence-corrected chi connectivity index (χ4v) is 2.05. The molecule has 16 heavy (non-hydrogen) atoms. The maximum Gasteiger partial charge on any atom is 0.209 e. The first-order valence-electron chi connectivity index (χ1n) is 5.21. The number of hydrogen-bond donors (Lipinski definition) is 3. The molecule has 1 aliphatic rings. The number of halogens is 2. The van der Waals surface area contributed by atoms with Gasteiger partial charge in [0.25, 0.3) is 0 Å². The van der Waals surface area contributed by atoms with Crippen LogP contribution >= 0.6 is 0 Å². The molecule has 5 heteroatoms. The molecular weight excluding hydrogens is 216 g/mol.